The van der Waals surface area contributed by atoms with Crippen molar-refractivity contribution in [3.63, 3.8) is 0 Å². The third-order valence-corrected chi connectivity index (χ3v) is 3.83. The van der Waals surface area contributed by atoms with Gasteiger partial charge >= 0.3 is 0 Å². The monoisotopic (exact) mass is 299 g/mol. The van der Waals surface area contributed by atoms with Gasteiger partial charge < -0.3 is 5.73 Å². The maximum Gasteiger partial charge on any atom is 0.204 e. The number of rotatable bonds is 1. The van der Waals surface area contributed by atoms with Gasteiger partial charge in [0.25, 0.3) is 0 Å². The van der Waals surface area contributed by atoms with E-state index in [1.54, 1.807) is 0 Å². The summed E-state index contributed by atoms with van der Waals surface area (Å²) in [5.74, 6) is 0. The van der Waals surface area contributed by atoms with Gasteiger partial charge in [-0.15, -0.1) is 0 Å². The third-order valence-electron chi connectivity index (χ3n) is 3.83. The lowest BCUT2D eigenvalue weighted by atomic mass is 9.96. The topological polar surface area (TPSA) is 43.1 Å². The molecule has 2 N–H and O–H groups in total. The van der Waals surface area contributed by atoms with E-state index in [0.29, 0.717) is 0 Å². The van der Waals surface area contributed by atoms with Crippen LogP contribution in [-0.2, 0) is 4.79 Å². The molecule has 0 fully saturated rings. The molecule has 0 aliphatic heterocycles. The third kappa shape index (κ3) is 3.06. The molecule has 0 heterocycles. The molecule has 0 atom stereocenters. The normalized spacial score (nSPS) is 10.1. The number of hydrogen-bond donors (Lipinski definition) is 1. The Bertz CT molecular complexity index is 945. The molecule has 23 heavy (non-hydrogen) atoms. The van der Waals surface area contributed by atoms with Gasteiger partial charge in [-0.25, -0.2) is 0 Å². The van der Waals surface area contributed by atoms with Crippen LogP contribution in [0.5, 0.6) is 0 Å². The Kier molecular flexibility index (Phi) is 4.34. The number of fused-ring (bicyclic) bond motifs is 2. The summed E-state index contributed by atoms with van der Waals surface area (Å²) in [6, 6.07) is 30.2. The average molecular weight is 299 g/mol. The second-order valence-electron chi connectivity index (χ2n) is 5.23. The van der Waals surface area contributed by atoms with Gasteiger partial charge in [-0.05, 0) is 44.8 Å². The Balaban J connectivity index is 0.000000485. The summed E-state index contributed by atoms with van der Waals surface area (Å²) in [5.41, 5.74) is 6.74. The molecule has 0 aliphatic carbocycles. The van der Waals surface area contributed by atoms with Crippen LogP contribution in [0.2, 0.25) is 0 Å². The van der Waals surface area contributed by atoms with Gasteiger partial charge in [0.2, 0.25) is 6.41 Å². The molecule has 0 unspecified atom stereocenters. The molecule has 0 saturated heterocycles. The molecule has 4 aromatic rings. The van der Waals surface area contributed by atoms with Gasteiger partial charge in [0, 0.05) is 0 Å². The molecule has 4 aromatic carbocycles. The van der Waals surface area contributed by atoms with Crippen LogP contribution in [0, 0.1) is 0 Å². The van der Waals surface area contributed by atoms with E-state index < -0.39 is 0 Å². The van der Waals surface area contributed by atoms with Gasteiger partial charge in [0.15, 0.2) is 0 Å². The van der Waals surface area contributed by atoms with Crippen molar-refractivity contribution in [1.29, 1.82) is 0 Å². The number of amides is 1. The predicted molar refractivity (Wildman–Crippen MR) is 97.1 cm³/mol. The smallest absolute Gasteiger partial charge is 0.204 e. The molecule has 0 aromatic heterocycles. The minimum atomic E-state index is 0.250. The molecule has 0 spiro atoms. The summed E-state index contributed by atoms with van der Waals surface area (Å²) in [4.78, 5) is 8.58. The quantitative estimate of drug-likeness (QED) is 0.399. The molecular formula is C21H17NO. The van der Waals surface area contributed by atoms with Crippen molar-refractivity contribution in [2.45, 2.75) is 0 Å². The number of nitrogens with two attached hydrogens (primary N) is 1. The van der Waals surface area contributed by atoms with Gasteiger partial charge in [0.1, 0.15) is 0 Å². The van der Waals surface area contributed by atoms with Crippen molar-refractivity contribution in [1.82, 2.24) is 0 Å². The van der Waals surface area contributed by atoms with E-state index >= 15 is 0 Å². The highest BCUT2D eigenvalue weighted by Gasteiger charge is 2.04. The first-order valence-corrected chi connectivity index (χ1v) is 7.46. The first-order valence-electron chi connectivity index (χ1n) is 7.46. The molecular weight excluding hydrogens is 282 g/mol. The lowest BCUT2D eigenvalue weighted by Gasteiger charge is -2.08. The van der Waals surface area contributed by atoms with E-state index in [2.05, 4.69) is 90.7 Å². The molecule has 2 heteroatoms. The highest BCUT2D eigenvalue weighted by Crippen LogP contribution is 2.31. The Labute approximate surface area is 135 Å². The predicted octanol–water partition coefficient (Wildman–Crippen LogP) is 4.76. The standard InChI is InChI=1S/C20H14.CH3NO/c1-2-7-15(8-3-1)19-12-6-11-18-13-16-9-4-5-10-17(16)14-20(18)19;2-1-3/h1-14H;1H,(H2,2,3). The summed E-state index contributed by atoms with van der Waals surface area (Å²) < 4.78 is 0. The van der Waals surface area contributed by atoms with E-state index in [-0.39, 0.29) is 6.41 Å². The summed E-state index contributed by atoms with van der Waals surface area (Å²) in [5, 5.41) is 5.20. The highest BCUT2D eigenvalue weighted by molar-refractivity contribution is 6.04. The fraction of sp³-hybridized carbons (Fsp3) is 0. The van der Waals surface area contributed by atoms with Crippen LogP contribution in [-0.4, -0.2) is 6.41 Å². The van der Waals surface area contributed by atoms with E-state index in [9.17, 15) is 0 Å². The van der Waals surface area contributed by atoms with E-state index in [1.807, 2.05) is 0 Å². The minimum Gasteiger partial charge on any atom is -0.372 e. The lowest BCUT2D eigenvalue weighted by Crippen LogP contribution is -1.82. The number of carbonyl (C=O) groups is 1. The fourth-order valence-electron chi connectivity index (χ4n) is 2.84. The van der Waals surface area contributed by atoms with E-state index in [4.69, 9.17) is 4.79 Å². The van der Waals surface area contributed by atoms with Crippen molar-refractivity contribution in [3.8, 4) is 11.1 Å². The van der Waals surface area contributed by atoms with Crippen LogP contribution in [0.1, 0.15) is 0 Å². The Morgan fingerprint density at radius 3 is 1.91 bits per heavy atom. The molecule has 0 saturated carbocycles. The fourth-order valence-corrected chi connectivity index (χ4v) is 2.84. The van der Waals surface area contributed by atoms with E-state index in [0.717, 1.165) is 0 Å². The van der Waals surface area contributed by atoms with Crippen LogP contribution in [0.15, 0.2) is 84.9 Å². The van der Waals surface area contributed by atoms with Crippen molar-refractivity contribution in [3.05, 3.63) is 84.9 Å². The van der Waals surface area contributed by atoms with Crippen LogP contribution in [0.3, 0.4) is 0 Å². The Morgan fingerprint density at radius 1 is 0.652 bits per heavy atom. The molecule has 2 nitrogen and oxygen atoms in total. The maximum atomic E-state index is 8.58. The van der Waals surface area contributed by atoms with Crippen molar-refractivity contribution >= 4 is 28.0 Å². The zero-order chi connectivity index (χ0) is 16.1. The highest BCUT2D eigenvalue weighted by atomic mass is 16.1. The Morgan fingerprint density at radius 2 is 1.22 bits per heavy atom. The average Bonchev–Trinajstić information content (AvgIpc) is 2.61. The summed E-state index contributed by atoms with van der Waals surface area (Å²) in [6.45, 7) is 0. The van der Waals surface area contributed by atoms with Crippen LogP contribution >= 0.6 is 0 Å². The maximum absolute atomic E-state index is 8.58. The molecule has 0 radical (unpaired) electrons. The SMILES string of the molecule is NC=O.c1ccc(-c2cccc3cc4ccccc4cc23)cc1. The molecule has 4 rings (SSSR count). The second-order valence-corrected chi connectivity index (χ2v) is 5.23. The van der Waals surface area contributed by atoms with Crippen LogP contribution in [0.4, 0.5) is 0 Å². The number of carbonyl (C=O) groups excluding carboxylic acids is 1. The van der Waals surface area contributed by atoms with Gasteiger partial charge in [-0.1, -0.05) is 72.8 Å². The first kappa shape index (κ1) is 14.8. The van der Waals surface area contributed by atoms with Crippen LogP contribution < -0.4 is 5.73 Å². The second kappa shape index (κ2) is 6.75. The van der Waals surface area contributed by atoms with E-state index in [1.165, 1.54) is 32.7 Å². The van der Waals surface area contributed by atoms with Gasteiger partial charge in [-0.3, -0.25) is 4.79 Å². The Hall–Kier alpha value is -3.13. The molecule has 112 valence electrons. The summed E-state index contributed by atoms with van der Waals surface area (Å²) >= 11 is 0. The lowest BCUT2D eigenvalue weighted by molar-refractivity contribution is -0.106. The van der Waals surface area contributed by atoms with Crippen LogP contribution in [0.25, 0.3) is 32.7 Å². The van der Waals surface area contributed by atoms with Crippen molar-refractivity contribution < 1.29 is 4.79 Å². The number of primary amides is 1. The summed E-state index contributed by atoms with van der Waals surface area (Å²) in [7, 11) is 0. The first-order chi connectivity index (χ1) is 11.3. The molecule has 0 bridgehead atoms. The molecule has 0 aliphatic rings. The number of benzene rings is 4. The zero-order valence-electron chi connectivity index (χ0n) is 12.6. The van der Waals surface area contributed by atoms with Crippen molar-refractivity contribution in [2.24, 2.45) is 5.73 Å². The minimum absolute atomic E-state index is 0.250. The largest absolute Gasteiger partial charge is 0.372 e. The molecule has 1 amide bonds. The van der Waals surface area contributed by atoms with Gasteiger partial charge in [0.05, 0.1) is 0 Å². The van der Waals surface area contributed by atoms with Gasteiger partial charge in [-0.2, -0.15) is 0 Å². The summed E-state index contributed by atoms with van der Waals surface area (Å²) in [6.07, 6.45) is 0.250. The zero-order valence-corrected chi connectivity index (χ0v) is 12.6. The van der Waals surface area contributed by atoms with Crippen molar-refractivity contribution in [2.75, 3.05) is 0 Å². The number of hydrogen-bond acceptors (Lipinski definition) is 1.